The van der Waals surface area contributed by atoms with Gasteiger partial charge in [-0.05, 0) is 20.3 Å². The topological polar surface area (TPSA) is 116 Å². The highest BCUT2D eigenvalue weighted by molar-refractivity contribution is 5.35. The first-order valence-corrected chi connectivity index (χ1v) is 8.91. The Labute approximate surface area is 150 Å². The predicted octanol–water partition coefficient (Wildman–Crippen LogP) is 1.27. The van der Waals surface area contributed by atoms with Crippen molar-refractivity contribution in [2.75, 3.05) is 56.7 Å². The zero-order chi connectivity index (χ0) is 18.3. The number of anilines is 2. The lowest BCUT2D eigenvalue weighted by Crippen LogP contribution is -2.17. The van der Waals surface area contributed by atoms with Gasteiger partial charge in [-0.1, -0.05) is 13.3 Å². The summed E-state index contributed by atoms with van der Waals surface area (Å²) in [6.45, 7) is 10.1. The van der Waals surface area contributed by atoms with E-state index in [9.17, 15) is 0 Å². The highest BCUT2D eigenvalue weighted by Gasteiger charge is 2.08. The van der Waals surface area contributed by atoms with Crippen LogP contribution in [0.5, 0.6) is 6.01 Å². The summed E-state index contributed by atoms with van der Waals surface area (Å²) in [5.74, 6) is 0.977. The fourth-order valence-corrected chi connectivity index (χ4v) is 1.80. The molecule has 4 N–H and O–H groups in total. The Balaban J connectivity index is 2.43. The van der Waals surface area contributed by atoms with Crippen molar-refractivity contribution in [2.45, 2.75) is 39.7 Å². The van der Waals surface area contributed by atoms with Crippen LogP contribution < -0.4 is 21.1 Å². The molecule has 0 aliphatic rings. The molecule has 0 spiro atoms. The maximum Gasteiger partial charge on any atom is 0.323 e. The van der Waals surface area contributed by atoms with Crippen molar-refractivity contribution in [1.29, 1.82) is 0 Å². The maximum atomic E-state index is 5.58. The first-order chi connectivity index (χ1) is 12.2. The molecule has 0 amide bonds. The van der Waals surface area contributed by atoms with Crippen molar-refractivity contribution < 1.29 is 14.2 Å². The summed E-state index contributed by atoms with van der Waals surface area (Å²) >= 11 is 0. The van der Waals surface area contributed by atoms with E-state index < -0.39 is 0 Å². The molecule has 0 saturated heterocycles. The number of unbranched alkanes of at least 4 members (excludes halogenated alkanes) is 1. The van der Waals surface area contributed by atoms with Crippen LogP contribution in [-0.4, -0.2) is 67.1 Å². The minimum Gasteiger partial charge on any atom is -0.461 e. The maximum absolute atomic E-state index is 5.58. The van der Waals surface area contributed by atoms with Crippen LogP contribution in [0.4, 0.5) is 11.9 Å². The molecule has 1 rings (SSSR count). The second kappa shape index (κ2) is 13.6. The summed E-state index contributed by atoms with van der Waals surface area (Å²) in [5, 5.41) is 6.31. The predicted molar refractivity (Wildman–Crippen MR) is 98.2 cm³/mol. The van der Waals surface area contributed by atoms with Gasteiger partial charge < -0.3 is 30.6 Å². The van der Waals surface area contributed by atoms with Crippen molar-refractivity contribution in [3.63, 3.8) is 0 Å². The highest BCUT2D eigenvalue weighted by atomic mass is 16.5. The van der Waals surface area contributed by atoms with E-state index >= 15 is 0 Å². The second-order valence-electron chi connectivity index (χ2n) is 5.65. The average molecular weight is 356 g/mol. The summed E-state index contributed by atoms with van der Waals surface area (Å²) in [5.41, 5.74) is 5.34. The lowest BCUT2D eigenvalue weighted by atomic mass is 10.3. The molecule has 0 fully saturated rings. The summed E-state index contributed by atoms with van der Waals surface area (Å²) < 4.78 is 16.3. The molecular formula is C16H32N6O3. The molecule has 25 heavy (non-hydrogen) atoms. The monoisotopic (exact) mass is 356 g/mol. The van der Waals surface area contributed by atoms with Crippen LogP contribution in [-0.2, 0) is 9.47 Å². The Morgan fingerprint density at radius 1 is 0.920 bits per heavy atom. The molecule has 0 saturated carbocycles. The van der Waals surface area contributed by atoms with Gasteiger partial charge >= 0.3 is 6.01 Å². The fraction of sp³-hybridized carbons (Fsp3) is 0.812. The van der Waals surface area contributed by atoms with Gasteiger partial charge in [0.25, 0.3) is 0 Å². The Bertz CT molecular complexity index is 461. The van der Waals surface area contributed by atoms with E-state index in [1.807, 2.05) is 13.8 Å². The number of hydrogen-bond donors (Lipinski definition) is 3. The molecule has 1 heterocycles. The highest BCUT2D eigenvalue weighted by Crippen LogP contribution is 2.12. The standard InChI is InChI=1S/C16H32N6O3/c1-4-5-7-18-14-20-15(22-16(21-14)25-13(2)3)19-8-10-24-12-11-23-9-6-17/h13H,4-12,17H2,1-3H3,(H2,18,19,20,21,22). The number of nitrogens with zero attached hydrogens (tertiary/aromatic N) is 3. The molecule has 0 atom stereocenters. The largest absolute Gasteiger partial charge is 0.461 e. The summed E-state index contributed by atoms with van der Waals surface area (Å²) in [4.78, 5) is 12.9. The molecule has 1 aromatic heterocycles. The van der Waals surface area contributed by atoms with Crippen molar-refractivity contribution >= 4 is 11.9 Å². The van der Waals surface area contributed by atoms with Crippen LogP contribution in [0, 0.1) is 0 Å². The van der Waals surface area contributed by atoms with Gasteiger partial charge in [-0.15, -0.1) is 0 Å². The van der Waals surface area contributed by atoms with Gasteiger partial charge in [-0.3, -0.25) is 0 Å². The third-order valence-electron chi connectivity index (χ3n) is 2.93. The molecule has 9 nitrogen and oxygen atoms in total. The van der Waals surface area contributed by atoms with Crippen LogP contribution >= 0.6 is 0 Å². The van der Waals surface area contributed by atoms with Crippen LogP contribution in [0.25, 0.3) is 0 Å². The fourth-order valence-electron chi connectivity index (χ4n) is 1.80. The zero-order valence-electron chi connectivity index (χ0n) is 15.6. The van der Waals surface area contributed by atoms with Crippen molar-refractivity contribution in [1.82, 2.24) is 15.0 Å². The third-order valence-corrected chi connectivity index (χ3v) is 2.93. The molecule has 0 radical (unpaired) electrons. The van der Waals surface area contributed by atoms with Crippen molar-refractivity contribution in [3.8, 4) is 6.01 Å². The molecule has 144 valence electrons. The zero-order valence-corrected chi connectivity index (χ0v) is 15.6. The number of nitrogens with two attached hydrogens (primary N) is 1. The number of ether oxygens (including phenoxy) is 3. The van der Waals surface area contributed by atoms with Crippen LogP contribution in [0.2, 0.25) is 0 Å². The average Bonchev–Trinajstić information content (AvgIpc) is 2.57. The van der Waals surface area contributed by atoms with E-state index in [1.54, 1.807) is 0 Å². The molecule has 0 unspecified atom stereocenters. The van der Waals surface area contributed by atoms with E-state index in [4.69, 9.17) is 19.9 Å². The minimum atomic E-state index is -0.00408. The minimum absolute atomic E-state index is 0.00408. The quantitative estimate of drug-likeness (QED) is 0.399. The molecular weight excluding hydrogens is 324 g/mol. The van der Waals surface area contributed by atoms with Gasteiger partial charge in [0.2, 0.25) is 11.9 Å². The van der Waals surface area contributed by atoms with Crippen LogP contribution in [0.3, 0.4) is 0 Å². The van der Waals surface area contributed by atoms with Crippen LogP contribution in [0.1, 0.15) is 33.6 Å². The van der Waals surface area contributed by atoms with E-state index in [-0.39, 0.29) is 6.10 Å². The normalized spacial score (nSPS) is 10.9. The van der Waals surface area contributed by atoms with E-state index in [2.05, 4.69) is 32.5 Å². The van der Waals surface area contributed by atoms with Gasteiger partial charge in [-0.2, -0.15) is 15.0 Å². The Kier molecular flexibility index (Phi) is 11.6. The summed E-state index contributed by atoms with van der Waals surface area (Å²) in [7, 11) is 0. The van der Waals surface area contributed by atoms with Gasteiger partial charge in [-0.25, -0.2) is 0 Å². The van der Waals surface area contributed by atoms with Gasteiger partial charge in [0.05, 0.1) is 32.5 Å². The summed E-state index contributed by atoms with van der Waals surface area (Å²) in [6.07, 6.45) is 2.15. The van der Waals surface area contributed by atoms with Crippen molar-refractivity contribution in [3.05, 3.63) is 0 Å². The Hall–Kier alpha value is -1.71. The lowest BCUT2D eigenvalue weighted by molar-refractivity contribution is 0.0547. The van der Waals surface area contributed by atoms with E-state index in [0.717, 1.165) is 19.4 Å². The summed E-state index contributed by atoms with van der Waals surface area (Å²) in [6, 6.07) is 0.308. The molecule has 0 aromatic carbocycles. The molecule has 0 aliphatic carbocycles. The van der Waals surface area contributed by atoms with E-state index in [1.165, 1.54) is 0 Å². The Morgan fingerprint density at radius 2 is 1.56 bits per heavy atom. The number of nitrogens with one attached hydrogen (secondary N) is 2. The van der Waals surface area contributed by atoms with Crippen molar-refractivity contribution in [2.24, 2.45) is 5.73 Å². The SMILES string of the molecule is CCCCNc1nc(NCCOCCOCCN)nc(OC(C)C)n1. The lowest BCUT2D eigenvalue weighted by Gasteiger charge is -2.12. The molecule has 0 aliphatic heterocycles. The molecule has 1 aromatic rings. The van der Waals surface area contributed by atoms with E-state index in [0.29, 0.717) is 57.4 Å². The molecule has 0 bridgehead atoms. The van der Waals surface area contributed by atoms with Gasteiger partial charge in [0, 0.05) is 19.6 Å². The third kappa shape index (κ3) is 10.7. The first kappa shape index (κ1) is 21.3. The molecule has 9 heteroatoms. The number of aromatic nitrogens is 3. The number of rotatable bonds is 15. The smallest absolute Gasteiger partial charge is 0.323 e. The van der Waals surface area contributed by atoms with Gasteiger partial charge in [0.15, 0.2) is 0 Å². The second-order valence-corrected chi connectivity index (χ2v) is 5.65. The van der Waals surface area contributed by atoms with Crippen LogP contribution in [0.15, 0.2) is 0 Å². The Morgan fingerprint density at radius 3 is 2.16 bits per heavy atom. The number of hydrogen-bond acceptors (Lipinski definition) is 9. The first-order valence-electron chi connectivity index (χ1n) is 8.91. The van der Waals surface area contributed by atoms with Gasteiger partial charge in [0.1, 0.15) is 0 Å².